The number of hydrogen-bond donors (Lipinski definition) is 2. The van der Waals surface area contributed by atoms with Crippen LogP contribution < -0.4 is 16.2 Å². The van der Waals surface area contributed by atoms with E-state index in [1.165, 1.54) is 47.8 Å². The third kappa shape index (κ3) is 4.22. The minimum atomic E-state index is -0.734. The van der Waals surface area contributed by atoms with Crippen molar-refractivity contribution in [1.82, 2.24) is 14.9 Å². The number of hydrogen-bond acceptors (Lipinski definition) is 5. The largest absolute Gasteiger partial charge is 0.380 e. The Kier molecular flexibility index (Phi) is 6.18. The summed E-state index contributed by atoms with van der Waals surface area (Å²) in [4.78, 5) is 42.4. The maximum atomic E-state index is 13.6. The molecule has 1 saturated carbocycles. The number of anilines is 1. The van der Waals surface area contributed by atoms with Crippen LogP contribution in [0.5, 0.6) is 0 Å². The van der Waals surface area contributed by atoms with E-state index in [-0.39, 0.29) is 17.9 Å². The molecule has 7 nitrogen and oxygen atoms in total. The number of rotatable bonds is 5. The van der Waals surface area contributed by atoms with Crippen molar-refractivity contribution in [2.24, 2.45) is 0 Å². The molecule has 1 atom stereocenters. The van der Waals surface area contributed by atoms with Crippen molar-refractivity contribution in [3.05, 3.63) is 69.8 Å². The van der Waals surface area contributed by atoms with E-state index in [1.807, 2.05) is 18.2 Å². The molecule has 2 N–H and O–H groups in total. The third-order valence-corrected chi connectivity index (χ3v) is 7.20. The molecule has 0 radical (unpaired) electrons. The number of aromatic nitrogens is 2. The highest BCUT2D eigenvalue weighted by Crippen LogP contribution is 2.34. The Labute approximate surface area is 198 Å². The van der Waals surface area contributed by atoms with Gasteiger partial charge in [0.05, 0.1) is 10.9 Å². The van der Waals surface area contributed by atoms with Gasteiger partial charge >= 0.3 is 0 Å². The van der Waals surface area contributed by atoms with Gasteiger partial charge < -0.3 is 5.32 Å². The summed E-state index contributed by atoms with van der Waals surface area (Å²) >= 11 is 0. The second kappa shape index (κ2) is 9.41. The van der Waals surface area contributed by atoms with Gasteiger partial charge in [-0.2, -0.15) is 0 Å². The molecule has 1 aliphatic carbocycles. The molecule has 1 aromatic heterocycles. The van der Waals surface area contributed by atoms with Crippen molar-refractivity contribution in [2.45, 2.75) is 70.4 Å². The normalized spacial score (nSPS) is 19.3. The van der Waals surface area contributed by atoms with Gasteiger partial charge in [-0.25, -0.2) is 4.98 Å². The second-order valence-electron chi connectivity index (χ2n) is 9.39. The molecule has 1 aliphatic heterocycles. The topological polar surface area (TPSA) is 93.1 Å². The monoisotopic (exact) mass is 458 g/mol. The molecule has 3 aromatic rings. The molecular weight excluding hydrogens is 428 g/mol. The summed E-state index contributed by atoms with van der Waals surface area (Å²) < 4.78 is 1.44. The van der Waals surface area contributed by atoms with E-state index in [2.05, 4.69) is 39.9 Å². The van der Waals surface area contributed by atoms with E-state index in [0.717, 1.165) is 0 Å². The fourth-order valence-corrected chi connectivity index (χ4v) is 5.49. The van der Waals surface area contributed by atoms with Gasteiger partial charge in [0.15, 0.2) is 0 Å². The second-order valence-corrected chi connectivity index (χ2v) is 9.39. The van der Waals surface area contributed by atoms with Crippen LogP contribution in [-0.2, 0) is 16.1 Å². The van der Waals surface area contributed by atoms with Crippen LogP contribution in [0.2, 0.25) is 0 Å². The first kappa shape index (κ1) is 22.3. The number of aryl methyl sites for hydroxylation is 1. The van der Waals surface area contributed by atoms with Crippen molar-refractivity contribution >= 4 is 28.4 Å². The summed E-state index contributed by atoms with van der Waals surface area (Å²) in [5.74, 6) is 0.300. The molecule has 2 aromatic carbocycles. The highest BCUT2D eigenvalue weighted by atomic mass is 16.2. The SMILES string of the molecule is Cc1nc2cccc(NCc3ccccc3C3CCCCC3)c2c(=O)n1C1CCC(=O)NC1=O. The molecule has 34 heavy (non-hydrogen) atoms. The maximum absolute atomic E-state index is 13.6. The number of benzene rings is 2. The number of fused-ring (bicyclic) bond motifs is 1. The van der Waals surface area contributed by atoms with Crippen molar-refractivity contribution in [1.29, 1.82) is 0 Å². The fraction of sp³-hybridized carbons (Fsp3) is 0.407. The van der Waals surface area contributed by atoms with Crippen molar-refractivity contribution < 1.29 is 9.59 Å². The van der Waals surface area contributed by atoms with Crippen LogP contribution in [0.25, 0.3) is 10.9 Å². The summed E-state index contributed by atoms with van der Waals surface area (Å²) in [5.41, 5.74) is 3.67. The molecule has 2 fully saturated rings. The Balaban J connectivity index is 1.49. The average Bonchev–Trinajstić information content (AvgIpc) is 2.84. The van der Waals surface area contributed by atoms with Crippen LogP contribution >= 0.6 is 0 Å². The van der Waals surface area contributed by atoms with Crippen molar-refractivity contribution in [2.75, 3.05) is 5.32 Å². The zero-order chi connectivity index (χ0) is 23.7. The van der Waals surface area contributed by atoms with Crippen LogP contribution in [0.4, 0.5) is 5.69 Å². The van der Waals surface area contributed by atoms with Crippen LogP contribution in [-0.4, -0.2) is 21.4 Å². The van der Waals surface area contributed by atoms with Gasteiger partial charge in [-0.15, -0.1) is 0 Å². The van der Waals surface area contributed by atoms with Gasteiger partial charge in [-0.3, -0.25) is 24.3 Å². The summed E-state index contributed by atoms with van der Waals surface area (Å²) in [6.07, 6.45) is 6.83. The molecule has 1 unspecified atom stereocenters. The van der Waals surface area contributed by atoms with E-state index < -0.39 is 11.9 Å². The average molecular weight is 459 g/mol. The van der Waals surface area contributed by atoms with Crippen molar-refractivity contribution in [3.63, 3.8) is 0 Å². The van der Waals surface area contributed by atoms with Gasteiger partial charge in [-0.05, 0) is 55.4 Å². The Hall–Kier alpha value is -3.48. The van der Waals surface area contributed by atoms with E-state index in [4.69, 9.17) is 0 Å². The Morgan fingerprint density at radius 3 is 2.59 bits per heavy atom. The van der Waals surface area contributed by atoms with Crippen LogP contribution in [0, 0.1) is 6.92 Å². The van der Waals surface area contributed by atoms with Gasteiger partial charge in [0.25, 0.3) is 5.56 Å². The summed E-state index contributed by atoms with van der Waals surface area (Å²) in [6.45, 7) is 2.34. The molecule has 2 amide bonds. The third-order valence-electron chi connectivity index (χ3n) is 7.20. The number of carbonyl (C=O) groups is 2. The van der Waals surface area contributed by atoms with Gasteiger partial charge in [0.1, 0.15) is 11.9 Å². The first-order valence-corrected chi connectivity index (χ1v) is 12.2. The maximum Gasteiger partial charge on any atom is 0.264 e. The highest BCUT2D eigenvalue weighted by molar-refractivity contribution is 5.99. The van der Waals surface area contributed by atoms with E-state index >= 15 is 0 Å². The highest BCUT2D eigenvalue weighted by Gasteiger charge is 2.30. The smallest absolute Gasteiger partial charge is 0.264 e. The molecule has 0 bridgehead atoms. The van der Waals surface area contributed by atoms with Crippen molar-refractivity contribution in [3.8, 4) is 0 Å². The minimum absolute atomic E-state index is 0.207. The van der Waals surface area contributed by atoms with E-state index in [1.54, 1.807) is 6.92 Å². The molecule has 1 saturated heterocycles. The molecule has 2 heterocycles. The number of imide groups is 1. The molecular formula is C27H30N4O3. The van der Waals surface area contributed by atoms with Gasteiger partial charge in [-0.1, -0.05) is 49.6 Å². The minimum Gasteiger partial charge on any atom is -0.380 e. The lowest BCUT2D eigenvalue weighted by Gasteiger charge is -2.25. The summed E-state index contributed by atoms with van der Waals surface area (Å²) in [6, 6.07) is 13.4. The number of nitrogens with zero attached hydrogens (tertiary/aromatic N) is 2. The first-order valence-electron chi connectivity index (χ1n) is 12.2. The number of carbonyl (C=O) groups excluding carboxylic acids is 2. The summed E-state index contributed by atoms with van der Waals surface area (Å²) in [7, 11) is 0. The molecule has 2 aliphatic rings. The fourth-order valence-electron chi connectivity index (χ4n) is 5.49. The van der Waals surface area contributed by atoms with Crippen LogP contribution in [0.15, 0.2) is 47.3 Å². The van der Waals surface area contributed by atoms with E-state index in [0.29, 0.717) is 41.3 Å². The zero-order valence-corrected chi connectivity index (χ0v) is 19.5. The van der Waals surface area contributed by atoms with Gasteiger partial charge in [0.2, 0.25) is 11.8 Å². The number of piperidine rings is 1. The lowest BCUT2D eigenvalue weighted by molar-refractivity contribution is -0.135. The quantitative estimate of drug-likeness (QED) is 0.555. The molecule has 7 heteroatoms. The predicted molar refractivity (Wildman–Crippen MR) is 132 cm³/mol. The van der Waals surface area contributed by atoms with Crippen LogP contribution in [0.3, 0.4) is 0 Å². The van der Waals surface area contributed by atoms with Gasteiger partial charge in [0, 0.05) is 18.7 Å². The predicted octanol–water partition coefficient (Wildman–Crippen LogP) is 4.34. The number of nitrogens with one attached hydrogen (secondary N) is 2. The zero-order valence-electron chi connectivity index (χ0n) is 19.5. The lowest BCUT2D eigenvalue weighted by Crippen LogP contribution is -2.45. The Bertz CT molecular complexity index is 1310. The lowest BCUT2D eigenvalue weighted by atomic mass is 9.82. The first-order chi connectivity index (χ1) is 16.5. The summed E-state index contributed by atoms with van der Waals surface area (Å²) in [5, 5.41) is 6.30. The Morgan fingerprint density at radius 2 is 1.79 bits per heavy atom. The van der Waals surface area contributed by atoms with Crippen LogP contribution in [0.1, 0.15) is 73.9 Å². The molecule has 5 rings (SSSR count). The molecule has 0 spiro atoms. The molecule has 176 valence electrons. The number of amides is 2. The Morgan fingerprint density at radius 1 is 1.00 bits per heavy atom. The standard InChI is InChI=1S/C27H30N4O3/c1-17-29-22-13-7-12-21(25(22)27(34)31(17)23-14-15-24(32)30-26(23)33)28-16-19-10-5-6-11-20(19)18-8-3-2-4-9-18/h5-7,10-13,18,23,28H,2-4,8-9,14-16H2,1H3,(H,30,32,33). The van der Waals surface area contributed by atoms with E-state index in [9.17, 15) is 14.4 Å².